The first-order chi connectivity index (χ1) is 6.50. The highest BCUT2D eigenvalue weighted by Crippen LogP contribution is 1.99. The standard InChI is InChI=1S/C13H17/c1-2-4-6-8-10-12-13-11-9-7-5-3-1/h1-4,7,9,12H,5-6,8,11,13H2/b3-1+,4-2-,9-7+,12-10?. The molecule has 0 aliphatic heterocycles. The third-order valence-electron chi connectivity index (χ3n) is 1.90. The molecule has 0 bridgehead atoms. The second-order valence-corrected chi connectivity index (χ2v) is 3.09. The molecular weight excluding hydrogens is 156 g/mol. The Hall–Kier alpha value is -1.04. The van der Waals surface area contributed by atoms with Gasteiger partial charge in [-0.15, -0.1) is 0 Å². The van der Waals surface area contributed by atoms with E-state index >= 15 is 0 Å². The summed E-state index contributed by atoms with van der Waals surface area (Å²) in [6.07, 6.45) is 24.0. The molecule has 0 aromatic rings. The fourth-order valence-electron chi connectivity index (χ4n) is 1.17. The molecule has 1 radical (unpaired) electrons. The van der Waals surface area contributed by atoms with Crippen molar-refractivity contribution in [2.75, 3.05) is 0 Å². The molecule has 0 saturated heterocycles. The van der Waals surface area contributed by atoms with Crippen molar-refractivity contribution in [2.45, 2.75) is 32.1 Å². The van der Waals surface area contributed by atoms with Crippen molar-refractivity contribution in [3.63, 3.8) is 0 Å². The predicted molar refractivity (Wildman–Crippen MR) is 58.3 cm³/mol. The Bertz CT molecular complexity index is 216. The van der Waals surface area contributed by atoms with Crippen LogP contribution >= 0.6 is 0 Å². The van der Waals surface area contributed by atoms with Crippen LogP contribution < -0.4 is 0 Å². The summed E-state index contributed by atoms with van der Waals surface area (Å²) in [5, 5.41) is 0. The first kappa shape index (κ1) is 10.0. The van der Waals surface area contributed by atoms with E-state index in [9.17, 15) is 0 Å². The number of rotatable bonds is 0. The van der Waals surface area contributed by atoms with E-state index in [1.54, 1.807) is 0 Å². The van der Waals surface area contributed by atoms with Crippen LogP contribution in [0.2, 0.25) is 0 Å². The average molecular weight is 173 g/mol. The zero-order valence-electron chi connectivity index (χ0n) is 8.08. The van der Waals surface area contributed by atoms with Gasteiger partial charge < -0.3 is 0 Å². The zero-order chi connectivity index (χ0) is 9.19. The molecule has 0 fully saturated rings. The largest absolute Gasteiger partial charge is 0.0879 e. The van der Waals surface area contributed by atoms with Crippen LogP contribution in [-0.4, -0.2) is 0 Å². The van der Waals surface area contributed by atoms with Crippen molar-refractivity contribution >= 4 is 0 Å². The highest BCUT2D eigenvalue weighted by molar-refractivity contribution is 5.05. The lowest BCUT2D eigenvalue weighted by Gasteiger charge is -1.86. The Balaban J connectivity index is 2.38. The van der Waals surface area contributed by atoms with Crippen LogP contribution in [0.3, 0.4) is 0 Å². The SMILES string of the molecule is [C]1=C/CC/C=C/C/C=C/C=C\CC/1. The van der Waals surface area contributed by atoms with Gasteiger partial charge in [0.25, 0.3) is 0 Å². The van der Waals surface area contributed by atoms with Crippen molar-refractivity contribution < 1.29 is 0 Å². The van der Waals surface area contributed by atoms with E-state index in [2.05, 4.69) is 48.6 Å². The molecule has 0 saturated carbocycles. The molecule has 0 spiro atoms. The van der Waals surface area contributed by atoms with Gasteiger partial charge in [0.15, 0.2) is 0 Å². The summed E-state index contributed by atoms with van der Waals surface area (Å²) < 4.78 is 0. The summed E-state index contributed by atoms with van der Waals surface area (Å²) in [7, 11) is 0. The molecule has 69 valence electrons. The quantitative estimate of drug-likeness (QED) is 0.486. The second-order valence-electron chi connectivity index (χ2n) is 3.09. The average Bonchev–Trinajstić information content (AvgIpc) is 2.18. The van der Waals surface area contributed by atoms with Crippen LogP contribution in [0.1, 0.15) is 32.1 Å². The van der Waals surface area contributed by atoms with Crippen molar-refractivity contribution in [3.8, 4) is 0 Å². The highest BCUT2D eigenvalue weighted by atomic mass is 13.9. The predicted octanol–water partition coefficient (Wildman–Crippen LogP) is 3.98. The second kappa shape index (κ2) is 7.60. The van der Waals surface area contributed by atoms with E-state index < -0.39 is 0 Å². The van der Waals surface area contributed by atoms with E-state index in [1.807, 2.05) is 0 Å². The molecule has 0 aromatic heterocycles. The number of hydrogen-bond donors (Lipinski definition) is 0. The zero-order valence-corrected chi connectivity index (χ0v) is 8.08. The topological polar surface area (TPSA) is 0 Å². The third kappa shape index (κ3) is 6.15. The molecule has 0 atom stereocenters. The van der Waals surface area contributed by atoms with Crippen molar-refractivity contribution in [1.29, 1.82) is 0 Å². The van der Waals surface area contributed by atoms with E-state index in [0.29, 0.717) is 0 Å². The molecule has 1 aliphatic carbocycles. The van der Waals surface area contributed by atoms with Crippen molar-refractivity contribution in [1.82, 2.24) is 0 Å². The van der Waals surface area contributed by atoms with Gasteiger partial charge in [-0.3, -0.25) is 0 Å². The van der Waals surface area contributed by atoms with Crippen LogP contribution in [0, 0.1) is 6.08 Å². The number of hydrogen-bond acceptors (Lipinski definition) is 0. The maximum Gasteiger partial charge on any atom is -0.0166 e. The molecule has 1 aliphatic rings. The molecule has 0 N–H and O–H groups in total. The summed E-state index contributed by atoms with van der Waals surface area (Å²) in [6, 6.07) is 0. The molecular formula is C13H17. The molecule has 1 rings (SSSR count). The highest BCUT2D eigenvalue weighted by Gasteiger charge is 1.80. The minimum atomic E-state index is 1.05. The fraction of sp³-hybridized carbons (Fsp3) is 0.385. The molecule has 0 unspecified atom stereocenters. The Morgan fingerprint density at radius 3 is 2.69 bits per heavy atom. The van der Waals surface area contributed by atoms with Crippen molar-refractivity contribution in [3.05, 3.63) is 48.6 Å². The lowest BCUT2D eigenvalue weighted by atomic mass is 10.2. The Labute approximate surface area is 81.4 Å². The van der Waals surface area contributed by atoms with E-state index in [-0.39, 0.29) is 0 Å². The maximum atomic E-state index is 3.29. The van der Waals surface area contributed by atoms with Gasteiger partial charge >= 0.3 is 0 Å². The normalized spacial score (nSPS) is 28.9. The Kier molecular flexibility index (Phi) is 5.87. The van der Waals surface area contributed by atoms with Crippen LogP contribution in [-0.2, 0) is 0 Å². The summed E-state index contributed by atoms with van der Waals surface area (Å²) in [5.41, 5.74) is 0. The van der Waals surface area contributed by atoms with Gasteiger partial charge in [-0.05, 0) is 38.2 Å². The van der Waals surface area contributed by atoms with Gasteiger partial charge in [-0.25, -0.2) is 0 Å². The van der Waals surface area contributed by atoms with Gasteiger partial charge in [-0.2, -0.15) is 0 Å². The molecule has 0 nitrogen and oxygen atoms in total. The van der Waals surface area contributed by atoms with Crippen molar-refractivity contribution in [2.24, 2.45) is 0 Å². The lowest BCUT2D eigenvalue weighted by molar-refractivity contribution is 0.983. The summed E-state index contributed by atoms with van der Waals surface area (Å²) in [5.74, 6) is 0. The molecule has 0 amide bonds. The van der Waals surface area contributed by atoms with Crippen LogP contribution in [0.5, 0.6) is 0 Å². The van der Waals surface area contributed by atoms with Gasteiger partial charge in [0.1, 0.15) is 0 Å². The summed E-state index contributed by atoms with van der Waals surface area (Å²) in [6.45, 7) is 0. The first-order valence-corrected chi connectivity index (χ1v) is 5.02. The Morgan fingerprint density at radius 1 is 0.769 bits per heavy atom. The van der Waals surface area contributed by atoms with E-state index in [1.165, 1.54) is 0 Å². The van der Waals surface area contributed by atoms with Crippen LogP contribution in [0.25, 0.3) is 0 Å². The first-order valence-electron chi connectivity index (χ1n) is 5.02. The minimum Gasteiger partial charge on any atom is -0.0879 e. The van der Waals surface area contributed by atoms with Gasteiger partial charge in [0.2, 0.25) is 0 Å². The summed E-state index contributed by atoms with van der Waals surface area (Å²) >= 11 is 0. The monoisotopic (exact) mass is 173 g/mol. The van der Waals surface area contributed by atoms with E-state index in [0.717, 1.165) is 32.1 Å². The third-order valence-corrected chi connectivity index (χ3v) is 1.90. The molecule has 0 heterocycles. The van der Waals surface area contributed by atoms with Gasteiger partial charge in [-0.1, -0.05) is 42.5 Å². The Morgan fingerprint density at radius 2 is 1.69 bits per heavy atom. The molecule has 0 aromatic carbocycles. The van der Waals surface area contributed by atoms with Gasteiger partial charge in [0.05, 0.1) is 0 Å². The fourth-order valence-corrected chi connectivity index (χ4v) is 1.17. The van der Waals surface area contributed by atoms with E-state index in [4.69, 9.17) is 0 Å². The maximum absolute atomic E-state index is 3.29. The van der Waals surface area contributed by atoms with Crippen LogP contribution in [0.15, 0.2) is 42.5 Å². The smallest absolute Gasteiger partial charge is 0.0166 e. The number of allylic oxidation sites excluding steroid dienone is 8. The van der Waals surface area contributed by atoms with Gasteiger partial charge in [0, 0.05) is 0 Å². The minimum absolute atomic E-state index is 1.05. The lowest BCUT2D eigenvalue weighted by Crippen LogP contribution is -1.67. The molecule has 0 heteroatoms. The van der Waals surface area contributed by atoms with Crippen LogP contribution in [0.4, 0.5) is 0 Å². The summed E-state index contributed by atoms with van der Waals surface area (Å²) in [4.78, 5) is 0. The molecule has 13 heavy (non-hydrogen) atoms.